The van der Waals surface area contributed by atoms with Gasteiger partial charge in [-0.3, -0.25) is 14.7 Å². The molecule has 2 heterocycles. The number of fused-ring (bicyclic) bond motifs is 1. The van der Waals surface area contributed by atoms with E-state index in [1.165, 1.54) is 4.90 Å². The van der Waals surface area contributed by atoms with Gasteiger partial charge in [-0.2, -0.15) is 0 Å². The van der Waals surface area contributed by atoms with Crippen LogP contribution in [0.5, 0.6) is 11.5 Å². The first-order valence-electron chi connectivity index (χ1n) is 13.1. The van der Waals surface area contributed by atoms with E-state index in [-0.39, 0.29) is 18.0 Å². The number of hydrogen-bond donors (Lipinski definition) is 1. The van der Waals surface area contributed by atoms with Gasteiger partial charge in [0.2, 0.25) is 0 Å². The van der Waals surface area contributed by atoms with Crippen LogP contribution in [0.3, 0.4) is 0 Å². The quantitative estimate of drug-likeness (QED) is 0.255. The lowest BCUT2D eigenvalue weighted by Crippen LogP contribution is -2.41. The Morgan fingerprint density at radius 3 is 2.43 bits per heavy atom. The lowest BCUT2D eigenvalue weighted by Gasteiger charge is -2.22. The number of carbonyl (C=O) groups excluding carboxylic acids is 2. The van der Waals surface area contributed by atoms with Gasteiger partial charge in [-0.15, -0.1) is 0 Å². The van der Waals surface area contributed by atoms with Crippen molar-refractivity contribution in [1.82, 2.24) is 15.2 Å². The standard InChI is InChI=1S/C30H37N3O4/c1-20(2)37-24-15-13-23(14-16-24)30(5)28(34)33(29(35)32-30)17-8-6-7-9-18-36-27-22(4)19-31-26-21(3)11-10-12-25(26)27/h10-16,19-20H,6-9,17-18H2,1-5H3,(H,32,35). The van der Waals surface area contributed by atoms with E-state index >= 15 is 0 Å². The van der Waals surface area contributed by atoms with Crippen LogP contribution in [-0.2, 0) is 10.3 Å². The number of hydrogen-bond acceptors (Lipinski definition) is 5. The summed E-state index contributed by atoms with van der Waals surface area (Å²) in [5.41, 5.74) is 2.82. The monoisotopic (exact) mass is 503 g/mol. The maximum atomic E-state index is 13.2. The summed E-state index contributed by atoms with van der Waals surface area (Å²) in [5, 5.41) is 3.93. The molecule has 1 unspecified atom stereocenters. The minimum atomic E-state index is -1.06. The normalized spacial score (nSPS) is 17.5. The Kier molecular flexibility index (Phi) is 8.00. The number of aromatic nitrogens is 1. The minimum Gasteiger partial charge on any atom is -0.493 e. The average Bonchev–Trinajstić information content (AvgIpc) is 3.08. The highest BCUT2D eigenvalue weighted by Gasteiger charge is 2.48. The number of ether oxygens (including phenoxy) is 2. The molecular weight excluding hydrogens is 466 g/mol. The lowest BCUT2D eigenvalue weighted by atomic mass is 9.92. The fourth-order valence-electron chi connectivity index (χ4n) is 4.77. The van der Waals surface area contributed by atoms with Crippen molar-refractivity contribution >= 4 is 22.8 Å². The SMILES string of the molecule is Cc1cnc2c(C)cccc2c1OCCCCCCN1C(=O)NC(C)(c2ccc(OC(C)C)cc2)C1=O. The number of nitrogens with zero attached hydrogens (tertiary/aromatic N) is 2. The summed E-state index contributed by atoms with van der Waals surface area (Å²) in [6.07, 6.45) is 5.46. The summed E-state index contributed by atoms with van der Waals surface area (Å²) in [6.45, 7) is 10.8. The van der Waals surface area contributed by atoms with Gasteiger partial charge in [-0.1, -0.05) is 37.1 Å². The molecule has 3 aromatic rings. The molecule has 0 saturated carbocycles. The van der Waals surface area contributed by atoms with Crippen LogP contribution in [-0.4, -0.2) is 41.1 Å². The first-order valence-corrected chi connectivity index (χ1v) is 13.1. The Labute approximate surface area is 219 Å². The zero-order chi connectivity index (χ0) is 26.6. The Morgan fingerprint density at radius 2 is 1.70 bits per heavy atom. The number of benzene rings is 2. The van der Waals surface area contributed by atoms with Crippen LogP contribution in [0.25, 0.3) is 10.9 Å². The smallest absolute Gasteiger partial charge is 0.325 e. The topological polar surface area (TPSA) is 80.8 Å². The van der Waals surface area contributed by atoms with Crippen molar-refractivity contribution in [2.24, 2.45) is 0 Å². The van der Waals surface area contributed by atoms with Crippen molar-refractivity contribution in [2.75, 3.05) is 13.2 Å². The zero-order valence-corrected chi connectivity index (χ0v) is 22.5. The van der Waals surface area contributed by atoms with E-state index < -0.39 is 5.54 Å². The van der Waals surface area contributed by atoms with Gasteiger partial charge in [0.05, 0.1) is 18.2 Å². The Bertz CT molecular complexity index is 1270. The highest BCUT2D eigenvalue weighted by Crippen LogP contribution is 2.31. The molecule has 0 bridgehead atoms. The third-order valence-corrected chi connectivity index (χ3v) is 6.83. The van der Waals surface area contributed by atoms with E-state index in [2.05, 4.69) is 29.4 Å². The fraction of sp³-hybridized carbons (Fsp3) is 0.433. The summed E-state index contributed by atoms with van der Waals surface area (Å²) in [4.78, 5) is 31.7. The maximum Gasteiger partial charge on any atom is 0.325 e. The van der Waals surface area contributed by atoms with Crippen LogP contribution >= 0.6 is 0 Å². The van der Waals surface area contributed by atoms with Gasteiger partial charge in [0, 0.05) is 23.7 Å². The molecule has 7 nitrogen and oxygen atoms in total. The van der Waals surface area contributed by atoms with Crippen LogP contribution < -0.4 is 14.8 Å². The van der Waals surface area contributed by atoms with E-state index in [4.69, 9.17) is 9.47 Å². The number of para-hydroxylation sites is 1. The molecule has 7 heteroatoms. The number of carbonyl (C=O) groups is 2. The molecule has 4 rings (SSSR count). The molecular formula is C30H37N3O4. The van der Waals surface area contributed by atoms with E-state index in [0.29, 0.717) is 13.2 Å². The molecule has 2 aromatic carbocycles. The summed E-state index contributed by atoms with van der Waals surface area (Å²) in [5.74, 6) is 1.42. The minimum absolute atomic E-state index is 0.0696. The number of urea groups is 1. The van der Waals surface area contributed by atoms with Gasteiger partial charge in [0.15, 0.2) is 0 Å². The van der Waals surface area contributed by atoms with Gasteiger partial charge in [0.1, 0.15) is 17.0 Å². The van der Waals surface area contributed by atoms with Crippen molar-refractivity contribution in [1.29, 1.82) is 0 Å². The molecule has 0 radical (unpaired) electrons. The third-order valence-electron chi connectivity index (χ3n) is 6.83. The van der Waals surface area contributed by atoms with Crippen molar-refractivity contribution in [3.63, 3.8) is 0 Å². The fourth-order valence-corrected chi connectivity index (χ4v) is 4.77. The lowest BCUT2D eigenvalue weighted by molar-refractivity contribution is -0.131. The van der Waals surface area contributed by atoms with E-state index in [0.717, 1.165) is 64.8 Å². The van der Waals surface area contributed by atoms with Gasteiger partial charge in [-0.05, 0) is 76.8 Å². The molecule has 196 valence electrons. The van der Waals surface area contributed by atoms with E-state index in [1.807, 2.05) is 57.3 Å². The van der Waals surface area contributed by atoms with Crippen LogP contribution in [0.1, 0.15) is 63.1 Å². The van der Waals surface area contributed by atoms with Gasteiger partial charge >= 0.3 is 6.03 Å². The molecule has 3 amide bonds. The van der Waals surface area contributed by atoms with Crippen molar-refractivity contribution in [3.8, 4) is 11.5 Å². The van der Waals surface area contributed by atoms with Crippen molar-refractivity contribution in [3.05, 3.63) is 65.4 Å². The number of nitrogens with one attached hydrogen (secondary N) is 1. The van der Waals surface area contributed by atoms with E-state index in [1.54, 1.807) is 6.92 Å². The molecule has 37 heavy (non-hydrogen) atoms. The summed E-state index contributed by atoms with van der Waals surface area (Å²) in [6, 6.07) is 13.2. The van der Waals surface area contributed by atoms with Crippen LogP contribution in [0.15, 0.2) is 48.7 Å². The second-order valence-corrected chi connectivity index (χ2v) is 10.2. The molecule has 1 atom stereocenters. The van der Waals surface area contributed by atoms with Crippen LogP contribution in [0, 0.1) is 13.8 Å². The third kappa shape index (κ3) is 5.71. The zero-order valence-electron chi connectivity index (χ0n) is 22.5. The van der Waals surface area contributed by atoms with Crippen molar-refractivity contribution in [2.45, 2.75) is 71.9 Å². The predicted molar refractivity (Wildman–Crippen MR) is 145 cm³/mol. The Balaban J connectivity index is 1.24. The number of amides is 3. The Morgan fingerprint density at radius 1 is 0.973 bits per heavy atom. The number of pyridine rings is 1. The summed E-state index contributed by atoms with van der Waals surface area (Å²) in [7, 11) is 0. The van der Waals surface area contributed by atoms with Gasteiger partial charge in [-0.25, -0.2) is 4.79 Å². The summed E-state index contributed by atoms with van der Waals surface area (Å²) >= 11 is 0. The number of aryl methyl sites for hydroxylation is 2. The molecule has 0 aliphatic carbocycles. The van der Waals surface area contributed by atoms with Gasteiger partial charge in [0.25, 0.3) is 5.91 Å². The number of imide groups is 1. The van der Waals surface area contributed by atoms with Crippen LogP contribution in [0.4, 0.5) is 4.79 Å². The predicted octanol–water partition coefficient (Wildman–Crippen LogP) is 6.05. The van der Waals surface area contributed by atoms with E-state index in [9.17, 15) is 9.59 Å². The number of unbranched alkanes of at least 4 members (excludes halogenated alkanes) is 3. The first kappa shape index (κ1) is 26.5. The average molecular weight is 504 g/mol. The second-order valence-electron chi connectivity index (χ2n) is 10.2. The van der Waals surface area contributed by atoms with Crippen LogP contribution in [0.2, 0.25) is 0 Å². The molecule has 1 N–H and O–H groups in total. The molecule has 1 aromatic heterocycles. The largest absolute Gasteiger partial charge is 0.493 e. The van der Waals surface area contributed by atoms with Gasteiger partial charge < -0.3 is 14.8 Å². The second kappa shape index (κ2) is 11.2. The molecule has 1 fully saturated rings. The molecule has 1 saturated heterocycles. The molecule has 0 spiro atoms. The first-order chi connectivity index (χ1) is 17.7. The highest BCUT2D eigenvalue weighted by molar-refractivity contribution is 6.07. The highest BCUT2D eigenvalue weighted by atomic mass is 16.5. The molecule has 1 aliphatic heterocycles. The summed E-state index contributed by atoms with van der Waals surface area (Å²) < 4.78 is 11.8. The van der Waals surface area contributed by atoms with Crippen molar-refractivity contribution < 1.29 is 19.1 Å². The maximum absolute atomic E-state index is 13.2. The molecule has 1 aliphatic rings. The number of rotatable bonds is 11. The Hall–Kier alpha value is -3.61.